The summed E-state index contributed by atoms with van der Waals surface area (Å²) in [6.07, 6.45) is -4.04. The Morgan fingerprint density at radius 3 is 1.94 bits per heavy atom. The van der Waals surface area contributed by atoms with E-state index in [-0.39, 0.29) is 6.61 Å². The van der Waals surface area contributed by atoms with Crippen LogP contribution in [-0.2, 0) is 36.9 Å². The lowest BCUT2D eigenvalue weighted by Crippen LogP contribution is -2.62. The third-order valence-electron chi connectivity index (χ3n) is 5.92. The molecule has 0 aliphatic carbocycles. The first-order valence-electron chi connectivity index (χ1n) is 11.2. The molecule has 172 valence electrons. The SMILES string of the molecule is O[C@@H]1[C@@H](OCc2ccccc2)[C@H](OCc2ccccc2)O[C@@H]2CO[C@@H](c3ccccc3)O[C@@H]12. The van der Waals surface area contributed by atoms with Gasteiger partial charge in [-0.1, -0.05) is 91.0 Å². The average Bonchev–Trinajstić information content (AvgIpc) is 2.88. The lowest BCUT2D eigenvalue weighted by Gasteiger charge is -2.47. The second-order valence-corrected chi connectivity index (χ2v) is 8.27. The summed E-state index contributed by atoms with van der Waals surface area (Å²) in [5.41, 5.74) is 2.91. The van der Waals surface area contributed by atoms with Gasteiger partial charge < -0.3 is 28.8 Å². The number of aliphatic hydroxyl groups is 1. The largest absolute Gasteiger partial charge is 0.387 e. The van der Waals surface area contributed by atoms with Crippen LogP contribution in [0.25, 0.3) is 0 Å². The van der Waals surface area contributed by atoms with Gasteiger partial charge in [0.2, 0.25) is 0 Å². The molecule has 0 unspecified atom stereocenters. The van der Waals surface area contributed by atoms with Gasteiger partial charge in [-0.2, -0.15) is 0 Å². The highest BCUT2D eigenvalue weighted by Crippen LogP contribution is 2.35. The molecule has 3 aromatic carbocycles. The maximum absolute atomic E-state index is 11.3. The topological polar surface area (TPSA) is 66.4 Å². The summed E-state index contributed by atoms with van der Waals surface area (Å²) < 4.78 is 30.5. The van der Waals surface area contributed by atoms with E-state index in [1.807, 2.05) is 91.0 Å². The first-order valence-corrected chi connectivity index (χ1v) is 11.2. The smallest absolute Gasteiger partial charge is 0.187 e. The highest BCUT2D eigenvalue weighted by molar-refractivity contribution is 5.17. The molecule has 1 N–H and O–H groups in total. The van der Waals surface area contributed by atoms with Gasteiger partial charge in [0.25, 0.3) is 0 Å². The van der Waals surface area contributed by atoms with Crippen molar-refractivity contribution in [2.45, 2.75) is 50.2 Å². The van der Waals surface area contributed by atoms with Crippen molar-refractivity contribution >= 4 is 0 Å². The van der Waals surface area contributed by atoms with Crippen LogP contribution in [0, 0.1) is 0 Å². The molecule has 0 amide bonds. The van der Waals surface area contributed by atoms with Crippen molar-refractivity contribution in [3.05, 3.63) is 108 Å². The van der Waals surface area contributed by atoms with E-state index in [0.717, 1.165) is 16.7 Å². The third-order valence-corrected chi connectivity index (χ3v) is 5.92. The van der Waals surface area contributed by atoms with Crippen LogP contribution in [-0.4, -0.2) is 42.4 Å². The number of rotatable bonds is 7. The molecule has 6 heteroatoms. The lowest BCUT2D eigenvalue weighted by atomic mass is 9.97. The zero-order valence-corrected chi connectivity index (χ0v) is 18.2. The molecule has 6 atom stereocenters. The second-order valence-electron chi connectivity index (χ2n) is 8.27. The molecule has 33 heavy (non-hydrogen) atoms. The number of aliphatic hydroxyl groups excluding tert-OH is 1. The van der Waals surface area contributed by atoms with Gasteiger partial charge in [0.15, 0.2) is 12.6 Å². The monoisotopic (exact) mass is 448 g/mol. The molecule has 2 aliphatic rings. The van der Waals surface area contributed by atoms with Crippen molar-refractivity contribution in [1.29, 1.82) is 0 Å². The third kappa shape index (κ3) is 5.33. The molecule has 0 radical (unpaired) electrons. The van der Waals surface area contributed by atoms with Gasteiger partial charge in [0.05, 0.1) is 19.8 Å². The predicted molar refractivity (Wildman–Crippen MR) is 121 cm³/mol. The lowest BCUT2D eigenvalue weighted by molar-refractivity contribution is -0.368. The van der Waals surface area contributed by atoms with Gasteiger partial charge in [-0.05, 0) is 11.1 Å². The molecule has 0 bridgehead atoms. The van der Waals surface area contributed by atoms with E-state index in [2.05, 4.69) is 0 Å². The molecule has 2 fully saturated rings. The van der Waals surface area contributed by atoms with E-state index in [0.29, 0.717) is 13.2 Å². The fourth-order valence-electron chi connectivity index (χ4n) is 4.18. The van der Waals surface area contributed by atoms with Crippen molar-refractivity contribution in [2.24, 2.45) is 0 Å². The van der Waals surface area contributed by atoms with E-state index in [1.54, 1.807) is 0 Å². The Morgan fingerprint density at radius 2 is 1.30 bits per heavy atom. The Morgan fingerprint density at radius 1 is 0.727 bits per heavy atom. The molecule has 6 nitrogen and oxygen atoms in total. The highest BCUT2D eigenvalue weighted by Gasteiger charge is 2.50. The van der Waals surface area contributed by atoms with Gasteiger partial charge >= 0.3 is 0 Å². The molecule has 0 spiro atoms. The molecule has 2 aliphatic heterocycles. The van der Waals surface area contributed by atoms with Crippen molar-refractivity contribution < 1.29 is 28.8 Å². The van der Waals surface area contributed by atoms with Gasteiger partial charge in [-0.15, -0.1) is 0 Å². The zero-order chi connectivity index (χ0) is 22.5. The maximum atomic E-state index is 11.3. The highest BCUT2D eigenvalue weighted by atomic mass is 16.8. The van der Waals surface area contributed by atoms with Crippen LogP contribution < -0.4 is 0 Å². The minimum absolute atomic E-state index is 0.290. The quantitative estimate of drug-likeness (QED) is 0.590. The van der Waals surface area contributed by atoms with Gasteiger partial charge in [0, 0.05) is 5.56 Å². The van der Waals surface area contributed by atoms with Crippen molar-refractivity contribution in [3.8, 4) is 0 Å². The van der Waals surface area contributed by atoms with Crippen LogP contribution in [0.15, 0.2) is 91.0 Å². The number of ether oxygens (including phenoxy) is 5. The van der Waals surface area contributed by atoms with Crippen LogP contribution in [0.5, 0.6) is 0 Å². The van der Waals surface area contributed by atoms with Crippen LogP contribution >= 0.6 is 0 Å². The van der Waals surface area contributed by atoms with Gasteiger partial charge in [-0.25, -0.2) is 0 Å². The summed E-state index contributed by atoms with van der Waals surface area (Å²) in [4.78, 5) is 0. The molecular weight excluding hydrogens is 420 g/mol. The standard InChI is InChI=1S/C27H28O6/c28-23-24-22(18-31-26(33-24)21-14-8-3-9-15-21)32-27(30-17-20-12-6-2-7-13-20)25(23)29-16-19-10-4-1-5-11-19/h1-15,22-28H,16-18H2/t22-,23+,24-,25-,26-,27-/m1/s1. The number of hydrogen-bond donors (Lipinski definition) is 1. The van der Waals surface area contributed by atoms with Crippen LogP contribution in [0.2, 0.25) is 0 Å². The predicted octanol–water partition coefficient (Wildman–Crippen LogP) is 3.99. The van der Waals surface area contributed by atoms with Crippen molar-refractivity contribution in [2.75, 3.05) is 6.61 Å². The van der Waals surface area contributed by atoms with E-state index >= 15 is 0 Å². The second kappa shape index (κ2) is 10.6. The first kappa shape index (κ1) is 22.2. The van der Waals surface area contributed by atoms with E-state index in [9.17, 15) is 5.11 Å². The Bertz CT molecular complexity index is 983. The normalized spacial score (nSPS) is 29.4. The van der Waals surface area contributed by atoms with Crippen molar-refractivity contribution in [1.82, 2.24) is 0 Å². The maximum Gasteiger partial charge on any atom is 0.187 e. The van der Waals surface area contributed by atoms with Crippen LogP contribution in [0.4, 0.5) is 0 Å². The van der Waals surface area contributed by atoms with Gasteiger partial charge in [0.1, 0.15) is 24.4 Å². The van der Waals surface area contributed by atoms with Crippen molar-refractivity contribution in [3.63, 3.8) is 0 Å². The molecule has 0 saturated carbocycles. The Kier molecular flexibility index (Phi) is 7.12. The molecule has 3 aromatic rings. The summed E-state index contributed by atoms with van der Waals surface area (Å²) in [5.74, 6) is 0. The summed E-state index contributed by atoms with van der Waals surface area (Å²) in [5, 5.41) is 11.3. The number of fused-ring (bicyclic) bond motifs is 1. The molecular formula is C27H28O6. The minimum Gasteiger partial charge on any atom is -0.387 e. The Labute approximate surface area is 193 Å². The minimum atomic E-state index is -0.941. The molecule has 5 rings (SSSR count). The summed E-state index contributed by atoms with van der Waals surface area (Å²) in [6, 6.07) is 29.4. The average molecular weight is 449 g/mol. The zero-order valence-electron chi connectivity index (χ0n) is 18.2. The molecule has 2 heterocycles. The fraction of sp³-hybridized carbons (Fsp3) is 0.333. The van der Waals surface area contributed by atoms with E-state index < -0.39 is 37.0 Å². The van der Waals surface area contributed by atoms with E-state index in [4.69, 9.17) is 23.7 Å². The Hall–Kier alpha value is -2.58. The van der Waals surface area contributed by atoms with E-state index in [1.165, 1.54) is 0 Å². The van der Waals surface area contributed by atoms with Crippen LogP contribution in [0.3, 0.4) is 0 Å². The summed E-state index contributed by atoms with van der Waals surface area (Å²) in [6.45, 7) is 0.959. The molecule has 2 saturated heterocycles. The number of hydrogen-bond acceptors (Lipinski definition) is 6. The van der Waals surface area contributed by atoms with Gasteiger partial charge in [-0.3, -0.25) is 0 Å². The van der Waals surface area contributed by atoms with Crippen LogP contribution in [0.1, 0.15) is 23.0 Å². The molecule has 0 aromatic heterocycles. The summed E-state index contributed by atoms with van der Waals surface area (Å²) >= 11 is 0. The Balaban J connectivity index is 1.31. The fourth-order valence-corrected chi connectivity index (χ4v) is 4.18. The number of benzene rings is 3. The first-order chi connectivity index (χ1) is 16.3. The summed E-state index contributed by atoms with van der Waals surface area (Å²) in [7, 11) is 0.